The van der Waals surface area contributed by atoms with Crippen LogP contribution < -0.4 is 4.90 Å². The minimum absolute atomic E-state index is 0.175. The van der Waals surface area contributed by atoms with Crippen molar-refractivity contribution in [3.63, 3.8) is 0 Å². The minimum Gasteiger partial charge on any atom is -0.268 e. The standard InChI is InChI=1S/C33H35N3O/c1-22(2)28-15-11-16-29(23(3)4)31(28)35-32(26-20-18-24(5)19-21-26)36(30-17-10-12-25(6)34-30)33(37)27-13-8-7-9-14-27/h7-23H,1-6H3. The normalized spacial score (nSPS) is 11.7. The van der Waals surface area contributed by atoms with E-state index >= 15 is 0 Å². The lowest BCUT2D eigenvalue weighted by atomic mass is 9.93. The van der Waals surface area contributed by atoms with Gasteiger partial charge in [-0.05, 0) is 61.1 Å². The molecule has 0 bridgehead atoms. The zero-order chi connectivity index (χ0) is 26.5. The number of anilines is 1. The maximum Gasteiger partial charge on any atom is 0.265 e. The summed E-state index contributed by atoms with van der Waals surface area (Å²) >= 11 is 0. The van der Waals surface area contributed by atoms with Crippen LogP contribution in [0.3, 0.4) is 0 Å². The van der Waals surface area contributed by atoms with E-state index in [0.29, 0.717) is 17.2 Å². The molecule has 4 rings (SSSR count). The Morgan fingerprint density at radius 1 is 0.703 bits per heavy atom. The van der Waals surface area contributed by atoms with Crippen LogP contribution in [0.25, 0.3) is 0 Å². The molecule has 4 nitrogen and oxygen atoms in total. The number of nitrogens with zero attached hydrogens (tertiary/aromatic N) is 3. The number of carbonyl (C=O) groups excluding carboxylic acids is 1. The molecule has 188 valence electrons. The van der Waals surface area contributed by atoms with Crippen molar-refractivity contribution in [3.05, 3.63) is 125 Å². The molecule has 1 heterocycles. The molecule has 1 amide bonds. The first-order valence-electron chi connectivity index (χ1n) is 12.9. The van der Waals surface area contributed by atoms with Gasteiger partial charge in [-0.3, -0.25) is 4.79 Å². The Morgan fingerprint density at radius 3 is 1.86 bits per heavy atom. The molecule has 3 aromatic carbocycles. The number of amides is 1. The fourth-order valence-electron chi connectivity index (χ4n) is 4.36. The molecule has 0 atom stereocenters. The summed E-state index contributed by atoms with van der Waals surface area (Å²) in [6.45, 7) is 12.7. The van der Waals surface area contributed by atoms with Crippen LogP contribution in [0.1, 0.15) is 77.8 Å². The monoisotopic (exact) mass is 489 g/mol. The molecule has 4 heteroatoms. The van der Waals surface area contributed by atoms with Crippen LogP contribution in [0.2, 0.25) is 0 Å². The van der Waals surface area contributed by atoms with E-state index in [1.165, 1.54) is 0 Å². The molecule has 0 aliphatic heterocycles. The van der Waals surface area contributed by atoms with Gasteiger partial charge in [-0.15, -0.1) is 0 Å². The number of aromatic nitrogens is 1. The smallest absolute Gasteiger partial charge is 0.265 e. The number of pyridine rings is 1. The Bertz CT molecular complexity index is 1380. The zero-order valence-corrected chi connectivity index (χ0v) is 22.6. The largest absolute Gasteiger partial charge is 0.268 e. The zero-order valence-electron chi connectivity index (χ0n) is 22.6. The van der Waals surface area contributed by atoms with Crippen LogP contribution in [0.15, 0.2) is 96.0 Å². The summed E-state index contributed by atoms with van der Waals surface area (Å²) in [6, 6.07) is 29.6. The lowest BCUT2D eigenvalue weighted by molar-refractivity contribution is 0.100. The molecule has 0 radical (unpaired) electrons. The summed E-state index contributed by atoms with van der Waals surface area (Å²) in [4.78, 5) is 25.9. The maximum absolute atomic E-state index is 14.2. The number of amidine groups is 1. The van der Waals surface area contributed by atoms with Gasteiger partial charge < -0.3 is 0 Å². The second-order valence-corrected chi connectivity index (χ2v) is 10.0. The number of aliphatic imine (C=N–C) groups is 1. The first-order chi connectivity index (χ1) is 17.8. The van der Waals surface area contributed by atoms with Crippen LogP contribution in [-0.4, -0.2) is 16.7 Å². The summed E-state index contributed by atoms with van der Waals surface area (Å²) < 4.78 is 0. The van der Waals surface area contributed by atoms with E-state index in [0.717, 1.165) is 33.6 Å². The fourth-order valence-corrected chi connectivity index (χ4v) is 4.36. The highest BCUT2D eigenvalue weighted by Crippen LogP contribution is 2.36. The van der Waals surface area contributed by atoms with Crippen molar-refractivity contribution < 1.29 is 4.79 Å². The molecule has 4 aromatic rings. The molecule has 0 aliphatic rings. The van der Waals surface area contributed by atoms with Gasteiger partial charge in [-0.2, -0.15) is 0 Å². The van der Waals surface area contributed by atoms with Gasteiger partial charge >= 0.3 is 0 Å². The van der Waals surface area contributed by atoms with Crippen molar-refractivity contribution >= 4 is 23.2 Å². The average Bonchev–Trinajstić information content (AvgIpc) is 2.89. The van der Waals surface area contributed by atoms with Gasteiger partial charge in [0.1, 0.15) is 11.7 Å². The van der Waals surface area contributed by atoms with E-state index in [2.05, 4.69) is 65.0 Å². The van der Waals surface area contributed by atoms with Crippen molar-refractivity contribution in [1.29, 1.82) is 0 Å². The lowest BCUT2D eigenvalue weighted by Gasteiger charge is -2.26. The molecular formula is C33H35N3O. The van der Waals surface area contributed by atoms with E-state index in [-0.39, 0.29) is 17.7 Å². The Balaban J connectivity index is 2.06. The third kappa shape index (κ3) is 5.86. The Labute approximate surface area is 220 Å². The first-order valence-corrected chi connectivity index (χ1v) is 12.9. The van der Waals surface area contributed by atoms with Gasteiger partial charge in [0.25, 0.3) is 5.91 Å². The van der Waals surface area contributed by atoms with Gasteiger partial charge in [-0.1, -0.05) is 100.0 Å². The molecule has 0 unspecified atom stereocenters. The summed E-state index contributed by atoms with van der Waals surface area (Å²) in [5.41, 5.74) is 6.63. The number of aryl methyl sites for hydroxylation is 2. The molecule has 37 heavy (non-hydrogen) atoms. The van der Waals surface area contributed by atoms with Crippen molar-refractivity contribution in [2.24, 2.45) is 4.99 Å². The van der Waals surface area contributed by atoms with Crippen molar-refractivity contribution in [2.75, 3.05) is 4.90 Å². The molecule has 1 aromatic heterocycles. The Kier molecular flexibility index (Phi) is 7.98. The minimum atomic E-state index is -0.175. The Morgan fingerprint density at radius 2 is 1.30 bits per heavy atom. The van der Waals surface area contributed by atoms with Gasteiger partial charge in [0.15, 0.2) is 0 Å². The number of hydrogen-bond donors (Lipinski definition) is 0. The number of para-hydroxylation sites is 1. The number of carbonyl (C=O) groups is 1. The number of hydrogen-bond acceptors (Lipinski definition) is 3. The van der Waals surface area contributed by atoms with E-state index in [1.807, 2.05) is 67.6 Å². The molecule has 0 saturated carbocycles. The van der Waals surface area contributed by atoms with E-state index < -0.39 is 0 Å². The van der Waals surface area contributed by atoms with Gasteiger partial charge in [0.2, 0.25) is 0 Å². The molecule has 0 spiro atoms. The van der Waals surface area contributed by atoms with Crippen molar-refractivity contribution in [1.82, 2.24) is 4.98 Å². The predicted molar refractivity (Wildman–Crippen MR) is 154 cm³/mol. The highest BCUT2D eigenvalue weighted by molar-refractivity contribution is 6.27. The van der Waals surface area contributed by atoms with Crippen LogP contribution in [0, 0.1) is 13.8 Å². The van der Waals surface area contributed by atoms with Gasteiger partial charge in [-0.25, -0.2) is 14.9 Å². The molecule has 0 aliphatic carbocycles. The number of benzene rings is 3. The molecule has 0 fully saturated rings. The average molecular weight is 490 g/mol. The quantitative estimate of drug-likeness (QED) is 0.202. The highest BCUT2D eigenvalue weighted by atomic mass is 16.2. The van der Waals surface area contributed by atoms with Gasteiger partial charge in [0, 0.05) is 16.8 Å². The lowest BCUT2D eigenvalue weighted by Crippen LogP contribution is -2.38. The summed E-state index contributed by atoms with van der Waals surface area (Å²) in [6.07, 6.45) is 0. The van der Waals surface area contributed by atoms with Crippen LogP contribution >= 0.6 is 0 Å². The first kappa shape index (κ1) is 26.0. The summed E-state index contributed by atoms with van der Waals surface area (Å²) in [7, 11) is 0. The van der Waals surface area contributed by atoms with Gasteiger partial charge in [0.05, 0.1) is 5.69 Å². The number of rotatable bonds is 6. The molecule has 0 N–H and O–H groups in total. The fraction of sp³-hybridized carbons (Fsp3) is 0.242. The van der Waals surface area contributed by atoms with Crippen LogP contribution in [-0.2, 0) is 0 Å². The third-order valence-corrected chi connectivity index (χ3v) is 6.41. The summed E-state index contributed by atoms with van der Waals surface area (Å²) in [5, 5.41) is 0. The van der Waals surface area contributed by atoms with E-state index in [9.17, 15) is 4.79 Å². The topological polar surface area (TPSA) is 45.6 Å². The van der Waals surface area contributed by atoms with E-state index in [1.54, 1.807) is 4.90 Å². The summed E-state index contributed by atoms with van der Waals surface area (Å²) in [5.74, 6) is 1.47. The second-order valence-electron chi connectivity index (χ2n) is 10.0. The van der Waals surface area contributed by atoms with Crippen LogP contribution in [0.4, 0.5) is 11.5 Å². The second kappa shape index (κ2) is 11.3. The third-order valence-electron chi connectivity index (χ3n) is 6.41. The molecule has 0 saturated heterocycles. The maximum atomic E-state index is 14.2. The van der Waals surface area contributed by atoms with Crippen molar-refractivity contribution in [3.8, 4) is 0 Å². The predicted octanol–water partition coefficient (Wildman–Crippen LogP) is 8.37. The molecular weight excluding hydrogens is 454 g/mol. The van der Waals surface area contributed by atoms with Crippen LogP contribution in [0.5, 0.6) is 0 Å². The Hall–Kier alpha value is -4.05. The highest BCUT2D eigenvalue weighted by Gasteiger charge is 2.27. The van der Waals surface area contributed by atoms with Crippen molar-refractivity contribution in [2.45, 2.75) is 53.4 Å². The SMILES string of the molecule is Cc1ccc(C(=Nc2c(C(C)C)cccc2C(C)C)N(C(=O)c2ccccc2)c2cccc(C)n2)cc1. The van der Waals surface area contributed by atoms with E-state index in [4.69, 9.17) is 9.98 Å².